The van der Waals surface area contributed by atoms with E-state index in [0.717, 1.165) is 29.5 Å². The molecule has 0 spiro atoms. The van der Waals surface area contributed by atoms with E-state index in [1.54, 1.807) is 11.3 Å². The van der Waals surface area contributed by atoms with Gasteiger partial charge in [0.25, 0.3) is 0 Å². The van der Waals surface area contributed by atoms with Crippen molar-refractivity contribution in [3.8, 4) is 10.8 Å². The molecule has 2 aromatic rings. The van der Waals surface area contributed by atoms with Gasteiger partial charge in [-0.3, -0.25) is 0 Å². The lowest BCUT2D eigenvalue weighted by Gasteiger charge is -2.21. The van der Waals surface area contributed by atoms with Gasteiger partial charge in [0.05, 0.1) is 11.7 Å². The first-order chi connectivity index (χ1) is 9.81. The third kappa shape index (κ3) is 2.67. The second kappa shape index (κ2) is 6.10. The van der Waals surface area contributed by atoms with Crippen LogP contribution in [0.2, 0.25) is 0 Å². The molecule has 0 saturated carbocycles. The Kier molecular flexibility index (Phi) is 4.22. The number of thiazole rings is 1. The van der Waals surface area contributed by atoms with Gasteiger partial charge in [-0.25, -0.2) is 4.98 Å². The van der Waals surface area contributed by atoms with E-state index in [1.165, 1.54) is 36.3 Å². The van der Waals surface area contributed by atoms with Gasteiger partial charge >= 0.3 is 0 Å². The highest BCUT2D eigenvalue weighted by Crippen LogP contribution is 2.37. The SMILES string of the molecule is CCCNC1CCCc2sc(-c3ccc(CC)o3)nc21. The van der Waals surface area contributed by atoms with E-state index >= 15 is 0 Å². The van der Waals surface area contributed by atoms with Gasteiger partial charge in [-0.1, -0.05) is 13.8 Å². The molecule has 0 fully saturated rings. The van der Waals surface area contributed by atoms with Crippen molar-refractivity contribution in [2.45, 2.75) is 52.0 Å². The van der Waals surface area contributed by atoms with Crippen molar-refractivity contribution in [3.05, 3.63) is 28.5 Å². The number of fused-ring (bicyclic) bond motifs is 1. The van der Waals surface area contributed by atoms with E-state index in [2.05, 4.69) is 31.3 Å². The number of nitrogens with zero attached hydrogens (tertiary/aromatic N) is 1. The molecule has 20 heavy (non-hydrogen) atoms. The smallest absolute Gasteiger partial charge is 0.162 e. The highest BCUT2D eigenvalue weighted by atomic mass is 32.1. The van der Waals surface area contributed by atoms with Gasteiger partial charge in [-0.05, 0) is 44.4 Å². The second-order valence-electron chi connectivity index (χ2n) is 5.35. The molecule has 0 saturated heterocycles. The summed E-state index contributed by atoms with van der Waals surface area (Å²) in [6.45, 7) is 5.39. The van der Waals surface area contributed by atoms with Crippen LogP contribution < -0.4 is 5.32 Å². The van der Waals surface area contributed by atoms with Crippen LogP contribution in [0.3, 0.4) is 0 Å². The van der Waals surface area contributed by atoms with Gasteiger partial charge in [-0.2, -0.15) is 0 Å². The van der Waals surface area contributed by atoms with Gasteiger partial charge in [0, 0.05) is 11.3 Å². The number of nitrogens with one attached hydrogen (secondary N) is 1. The molecule has 2 heterocycles. The Morgan fingerprint density at radius 2 is 2.30 bits per heavy atom. The van der Waals surface area contributed by atoms with Crippen LogP contribution in [0.25, 0.3) is 10.8 Å². The molecular formula is C16H22N2OS. The van der Waals surface area contributed by atoms with E-state index in [-0.39, 0.29) is 0 Å². The predicted octanol–water partition coefficient (Wildman–Crippen LogP) is 4.34. The molecule has 0 bridgehead atoms. The standard InChI is InChI=1S/C16H22N2OS/c1-3-10-17-12-6-5-7-14-15(12)18-16(20-14)13-9-8-11(4-2)19-13/h8-9,12,17H,3-7,10H2,1-2H3. The first kappa shape index (κ1) is 13.8. The lowest BCUT2D eigenvalue weighted by atomic mass is 9.97. The summed E-state index contributed by atoms with van der Waals surface area (Å²) < 4.78 is 5.84. The minimum Gasteiger partial charge on any atom is -0.459 e. The van der Waals surface area contributed by atoms with Crippen LogP contribution in [-0.4, -0.2) is 11.5 Å². The molecule has 1 unspecified atom stereocenters. The fraction of sp³-hybridized carbons (Fsp3) is 0.562. The van der Waals surface area contributed by atoms with Crippen molar-refractivity contribution in [2.75, 3.05) is 6.54 Å². The Bertz CT molecular complexity index is 573. The molecule has 4 heteroatoms. The van der Waals surface area contributed by atoms with E-state index in [1.807, 2.05) is 0 Å². The molecule has 1 aliphatic carbocycles. The summed E-state index contributed by atoms with van der Waals surface area (Å²) in [5, 5.41) is 4.66. The summed E-state index contributed by atoms with van der Waals surface area (Å²) in [5.74, 6) is 1.96. The van der Waals surface area contributed by atoms with Crippen LogP contribution in [0, 0.1) is 0 Å². The van der Waals surface area contributed by atoms with Crippen LogP contribution in [0.4, 0.5) is 0 Å². The first-order valence-electron chi connectivity index (χ1n) is 7.63. The lowest BCUT2D eigenvalue weighted by molar-refractivity contribution is 0.454. The molecule has 0 aliphatic heterocycles. The summed E-state index contributed by atoms with van der Waals surface area (Å²) in [6, 6.07) is 4.55. The third-order valence-electron chi connectivity index (χ3n) is 3.82. The van der Waals surface area contributed by atoms with E-state index in [0.29, 0.717) is 6.04 Å². The largest absolute Gasteiger partial charge is 0.459 e. The maximum Gasteiger partial charge on any atom is 0.162 e. The van der Waals surface area contributed by atoms with Gasteiger partial charge in [0.15, 0.2) is 10.8 Å². The lowest BCUT2D eigenvalue weighted by Crippen LogP contribution is -2.25. The van der Waals surface area contributed by atoms with Crippen molar-refractivity contribution in [2.24, 2.45) is 0 Å². The summed E-state index contributed by atoms with van der Waals surface area (Å²) in [7, 11) is 0. The Labute approximate surface area is 124 Å². The van der Waals surface area contributed by atoms with Gasteiger partial charge < -0.3 is 9.73 Å². The first-order valence-corrected chi connectivity index (χ1v) is 8.45. The summed E-state index contributed by atoms with van der Waals surface area (Å²) in [4.78, 5) is 6.30. The highest BCUT2D eigenvalue weighted by molar-refractivity contribution is 7.15. The van der Waals surface area contributed by atoms with Crippen molar-refractivity contribution < 1.29 is 4.42 Å². The second-order valence-corrected chi connectivity index (χ2v) is 6.43. The van der Waals surface area contributed by atoms with E-state index < -0.39 is 0 Å². The number of aromatic nitrogens is 1. The van der Waals surface area contributed by atoms with E-state index in [4.69, 9.17) is 9.40 Å². The van der Waals surface area contributed by atoms with Crippen LogP contribution in [-0.2, 0) is 12.8 Å². The Morgan fingerprint density at radius 3 is 3.05 bits per heavy atom. The monoisotopic (exact) mass is 290 g/mol. The maximum absolute atomic E-state index is 5.84. The van der Waals surface area contributed by atoms with Crippen molar-refractivity contribution >= 4 is 11.3 Å². The van der Waals surface area contributed by atoms with Gasteiger partial charge in [-0.15, -0.1) is 11.3 Å². The molecular weight excluding hydrogens is 268 g/mol. The Hall–Kier alpha value is -1.13. The molecule has 0 aromatic carbocycles. The molecule has 1 N–H and O–H groups in total. The van der Waals surface area contributed by atoms with Gasteiger partial charge in [0.1, 0.15) is 5.76 Å². The zero-order valence-corrected chi connectivity index (χ0v) is 13.1. The number of hydrogen-bond acceptors (Lipinski definition) is 4. The average molecular weight is 290 g/mol. The summed E-state index contributed by atoms with van der Waals surface area (Å²) >= 11 is 1.80. The van der Waals surface area contributed by atoms with Crippen LogP contribution in [0.1, 0.15) is 55.5 Å². The Balaban J connectivity index is 1.86. The quantitative estimate of drug-likeness (QED) is 0.890. The van der Waals surface area contributed by atoms with Crippen molar-refractivity contribution in [1.29, 1.82) is 0 Å². The summed E-state index contributed by atoms with van der Waals surface area (Å²) in [5.41, 5.74) is 1.26. The molecule has 0 amide bonds. The number of furan rings is 1. The van der Waals surface area contributed by atoms with Gasteiger partial charge in [0.2, 0.25) is 0 Å². The maximum atomic E-state index is 5.84. The zero-order chi connectivity index (χ0) is 13.9. The molecule has 3 nitrogen and oxygen atoms in total. The number of aryl methyl sites for hydroxylation is 2. The van der Waals surface area contributed by atoms with E-state index in [9.17, 15) is 0 Å². The fourth-order valence-electron chi connectivity index (χ4n) is 2.72. The Morgan fingerprint density at radius 1 is 1.40 bits per heavy atom. The number of rotatable bonds is 5. The van der Waals surface area contributed by atoms with Crippen LogP contribution >= 0.6 is 11.3 Å². The molecule has 2 aromatic heterocycles. The summed E-state index contributed by atoms with van der Waals surface area (Å²) in [6.07, 6.45) is 5.73. The zero-order valence-electron chi connectivity index (χ0n) is 12.2. The predicted molar refractivity (Wildman–Crippen MR) is 83.2 cm³/mol. The fourth-order valence-corrected chi connectivity index (χ4v) is 3.85. The topological polar surface area (TPSA) is 38.1 Å². The van der Waals surface area contributed by atoms with Crippen LogP contribution in [0.15, 0.2) is 16.5 Å². The minimum absolute atomic E-state index is 0.435. The van der Waals surface area contributed by atoms with Crippen molar-refractivity contribution in [1.82, 2.24) is 10.3 Å². The minimum atomic E-state index is 0.435. The third-order valence-corrected chi connectivity index (χ3v) is 4.96. The normalized spacial score (nSPS) is 18.2. The van der Waals surface area contributed by atoms with Crippen LogP contribution in [0.5, 0.6) is 0 Å². The molecule has 108 valence electrons. The molecule has 1 atom stereocenters. The highest BCUT2D eigenvalue weighted by Gasteiger charge is 2.25. The number of hydrogen-bond donors (Lipinski definition) is 1. The molecule has 0 radical (unpaired) electrons. The molecule has 3 rings (SSSR count). The van der Waals surface area contributed by atoms with Crippen molar-refractivity contribution in [3.63, 3.8) is 0 Å². The molecule has 1 aliphatic rings. The average Bonchev–Trinajstić information content (AvgIpc) is 3.10.